The summed E-state index contributed by atoms with van der Waals surface area (Å²) in [6.45, 7) is 0. The van der Waals surface area contributed by atoms with E-state index in [-0.39, 0.29) is 48.0 Å². The number of phenols is 2. The largest absolute Gasteiger partial charge is 1.00 e. The Balaban J connectivity index is -0.000000213. The normalized spacial score (nSPS) is 7.20. The molecule has 1 aromatic rings. The molecule has 0 amide bonds. The second-order valence-electron chi connectivity index (χ2n) is 1.52. The maximum Gasteiger partial charge on any atom is 1.00 e. The van der Waals surface area contributed by atoms with E-state index in [2.05, 4.69) is 0 Å². The van der Waals surface area contributed by atoms with Crippen molar-refractivity contribution in [2.45, 2.75) is 0 Å². The van der Waals surface area contributed by atoms with Crippen LogP contribution in [0.5, 0.6) is 11.5 Å². The summed E-state index contributed by atoms with van der Waals surface area (Å²) in [7, 11) is 0. The van der Waals surface area contributed by atoms with E-state index in [0.717, 1.165) is 0 Å². The zero-order valence-electron chi connectivity index (χ0n) is 6.70. The van der Waals surface area contributed by atoms with Gasteiger partial charge in [0.2, 0.25) is 0 Å². The Hall–Kier alpha value is -0.220. The maximum absolute atomic E-state index is 8.65. The van der Waals surface area contributed by atoms with Gasteiger partial charge in [-0.1, -0.05) is 0 Å². The van der Waals surface area contributed by atoms with Crippen LogP contribution >= 0.6 is 0 Å². The molecule has 0 aliphatic carbocycles. The quantitative estimate of drug-likeness (QED) is 0.316. The van der Waals surface area contributed by atoms with E-state index in [4.69, 9.17) is 10.2 Å². The van der Waals surface area contributed by atoms with Gasteiger partial charge in [-0.25, -0.2) is 0 Å². The Kier molecular flexibility index (Phi) is 6.92. The molecule has 4 N–H and O–H groups in total. The number of aromatic hydroxyl groups is 2. The van der Waals surface area contributed by atoms with E-state index in [1.807, 2.05) is 0 Å². The van der Waals surface area contributed by atoms with Gasteiger partial charge in [-0.05, 0) is 24.3 Å². The first-order valence-corrected chi connectivity index (χ1v) is 2.27. The van der Waals surface area contributed by atoms with Crippen LogP contribution in [-0.4, -0.2) is 15.7 Å². The van der Waals surface area contributed by atoms with Crippen molar-refractivity contribution in [1.82, 2.24) is 0 Å². The molecule has 52 valence electrons. The van der Waals surface area contributed by atoms with Crippen molar-refractivity contribution in [2.24, 2.45) is 0 Å². The predicted octanol–water partition coefficient (Wildman–Crippen LogP) is -2.61. The molecular formula is C6H9NaO3. The first kappa shape index (κ1) is 12.5. The monoisotopic (exact) mass is 152 g/mol. The smallest absolute Gasteiger partial charge is 1.00 e. The summed E-state index contributed by atoms with van der Waals surface area (Å²) in [4.78, 5) is 0. The minimum absolute atomic E-state index is 0. The molecule has 0 aliphatic heterocycles. The molecule has 0 unspecified atom stereocenters. The summed E-state index contributed by atoms with van der Waals surface area (Å²) in [5.41, 5.74) is 0. The summed E-state index contributed by atoms with van der Waals surface area (Å²) in [6, 6.07) is 5.70. The average Bonchev–Trinajstić information content (AvgIpc) is 1.77. The van der Waals surface area contributed by atoms with Gasteiger partial charge in [0.1, 0.15) is 11.5 Å². The fraction of sp³-hybridized carbons (Fsp3) is 0. The van der Waals surface area contributed by atoms with E-state index in [1.165, 1.54) is 24.3 Å². The summed E-state index contributed by atoms with van der Waals surface area (Å²) in [5.74, 6) is 0.339. The molecule has 0 fully saturated rings. The summed E-state index contributed by atoms with van der Waals surface area (Å²) in [6.07, 6.45) is 0. The van der Waals surface area contributed by atoms with E-state index in [0.29, 0.717) is 0 Å². The first-order valence-electron chi connectivity index (χ1n) is 2.27. The molecule has 0 bridgehead atoms. The minimum Gasteiger partial charge on any atom is -1.00 e. The van der Waals surface area contributed by atoms with E-state index >= 15 is 0 Å². The van der Waals surface area contributed by atoms with Gasteiger partial charge in [0.05, 0.1) is 0 Å². The molecule has 0 aliphatic rings. The van der Waals surface area contributed by atoms with E-state index in [9.17, 15) is 0 Å². The van der Waals surface area contributed by atoms with Gasteiger partial charge < -0.3 is 17.1 Å². The first-order chi connectivity index (χ1) is 3.79. The molecule has 0 saturated carbocycles. The molecule has 0 atom stereocenters. The SMILES string of the molecule is O.Oc1ccc(O)cc1.[H-].[Na+]. The average molecular weight is 152 g/mol. The van der Waals surface area contributed by atoms with Gasteiger partial charge in [-0.3, -0.25) is 0 Å². The van der Waals surface area contributed by atoms with Crippen LogP contribution in [0.15, 0.2) is 24.3 Å². The van der Waals surface area contributed by atoms with Crippen molar-refractivity contribution in [3.8, 4) is 11.5 Å². The van der Waals surface area contributed by atoms with Gasteiger partial charge in [0.25, 0.3) is 0 Å². The molecule has 4 heteroatoms. The van der Waals surface area contributed by atoms with Gasteiger partial charge in [0, 0.05) is 0 Å². The number of rotatable bonds is 0. The molecule has 0 spiro atoms. The Labute approximate surface area is 82.4 Å². The molecule has 0 aromatic heterocycles. The maximum atomic E-state index is 8.65. The third-order valence-electron chi connectivity index (χ3n) is 0.850. The van der Waals surface area contributed by atoms with Crippen molar-refractivity contribution >= 4 is 0 Å². The van der Waals surface area contributed by atoms with Gasteiger partial charge >= 0.3 is 29.6 Å². The van der Waals surface area contributed by atoms with E-state index in [1.54, 1.807) is 0 Å². The summed E-state index contributed by atoms with van der Waals surface area (Å²) in [5, 5.41) is 17.3. The zero-order chi connectivity index (χ0) is 5.98. The zero-order valence-corrected chi connectivity index (χ0v) is 7.70. The second-order valence-corrected chi connectivity index (χ2v) is 1.52. The minimum atomic E-state index is 0. The second kappa shape index (κ2) is 5.56. The van der Waals surface area contributed by atoms with Crippen LogP contribution in [0.25, 0.3) is 0 Å². The van der Waals surface area contributed by atoms with Crippen LogP contribution in [0.3, 0.4) is 0 Å². The van der Waals surface area contributed by atoms with Gasteiger partial charge in [-0.15, -0.1) is 0 Å². The molecule has 1 rings (SSSR count). The summed E-state index contributed by atoms with van der Waals surface area (Å²) >= 11 is 0. The Morgan fingerprint density at radius 3 is 1.30 bits per heavy atom. The third-order valence-corrected chi connectivity index (χ3v) is 0.850. The van der Waals surface area contributed by atoms with Gasteiger partial charge in [0.15, 0.2) is 0 Å². The van der Waals surface area contributed by atoms with Crippen molar-refractivity contribution < 1.29 is 46.7 Å². The van der Waals surface area contributed by atoms with Crippen LogP contribution < -0.4 is 29.6 Å². The molecule has 10 heavy (non-hydrogen) atoms. The molecule has 1 aromatic carbocycles. The molecule has 3 nitrogen and oxygen atoms in total. The molecule has 0 radical (unpaired) electrons. The topological polar surface area (TPSA) is 72.0 Å². The molecular weight excluding hydrogens is 143 g/mol. The van der Waals surface area contributed by atoms with Crippen LogP contribution in [0.4, 0.5) is 0 Å². The van der Waals surface area contributed by atoms with Gasteiger partial charge in [-0.2, -0.15) is 0 Å². The number of benzene rings is 1. The number of phenolic OH excluding ortho intramolecular Hbond substituents is 2. The third kappa shape index (κ3) is 3.74. The van der Waals surface area contributed by atoms with Crippen molar-refractivity contribution in [1.29, 1.82) is 0 Å². The Morgan fingerprint density at radius 2 is 1.10 bits per heavy atom. The van der Waals surface area contributed by atoms with Crippen LogP contribution in [0.1, 0.15) is 1.43 Å². The van der Waals surface area contributed by atoms with Crippen LogP contribution in [0, 0.1) is 0 Å². The standard InChI is InChI=1S/C6H6O2.Na.H2O.H/c7-5-1-2-6(8)4-3-5;;;/h1-4,7-8H;;1H2;/q;+1;;-1. The Morgan fingerprint density at radius 1 is 0.900 bits per heavy atom. The van der Waals surface area contributed by atoms with Crippen molar-refractivity contribution in [3.05, 3.63) is 24.3 Å². The van der Waals surface area contributed by atoms with Crippen molar-refractivity contribution in [2.75, 3.05) is 0 Å². The fourth-order valence-electron chi connectivity index (χ4n) is 0.453. The molecule has 0 saturated heterocycles. The van der Waals surface area contributed by atoms with Crippen molar-refractivity contribution in [3.63, 3.8) is 0 Å². The Bertz CT molecular complexity index is 157. The number of hydrogen-bond acceptors (Lipinski definition) is 2. The summed E-state index contributed by atoms with van der Waals surface area (Å²) < 4.78 is 0. The molecule has 0 heterocycles. The van der Waals surface area contributed by atoms with Crippen LogP contribution in [0.2, 0.25) is 0 Å². The predicted molar refractivity (Wildman–Crippen MR) is 34.5 cm³/mol. The number of hydrogen-bond donors (Lipinski definition) is 2. The van der Waals surface area contributed by atoms with E-state index < -0.39 is 0 Å². The van der Waals surface area contributed by atoms with Crippen LogP contribution in [-0.2, 0) is 0 Å². The fourth-order valence-corrected chi connectivity index (χ4v) is 0.453.